The number of halogens is 1. The number of carbonyl (C=O) groups is 1. The zero-order valence-corrected chi connectivity index (χ0v) is 11.1. The van der Waals surface area contributed by atoms with E-state index in [4.69, 9.17) is 21.1 Å². The van der Waals surface area contributed by atoms with Crippen molar-refractivity contribution in [1.29, 1.82) is 0 Å². The molecule has 4 nitrogen and oxygen atoms in total. The molecule has 0 spiro atoms. The summed E-state index contributed by atoms with van der Waals surface area (Å²) in [4.78, 5) is 15.7. The van der Waals surface area contributed by atoms with E-state index < -0.39 is 5.97 Å². The first-order chi connectivity index (χ1) is 9.20. The lowest BCUT2D eigenvalue weighted by Crippen LogP contribution is -2.06. The summed E-state index contributed by atoms with van der Waals surface area (Å²) in [6, 6.07) is 8.47. The van der Waals surface area contributed by atoms with Crippen LogP contribution in [0.25, 0.3) is 0 Å². The number of carbonyl (C=O) groups excluding carboxylic acids is 1. The third-order valence-electron chi connectivity index (χ3n) is 2.29. The second-order valence-electron chi connectivity index (χ2n) is 3.66. The number of hydrogen-bond acceptors (Lipinski definition) is 4. The lowest BCUT2D eigenvalue weighted by molar-refractivity contribution is 0.0523. The van der Waals surface area contributed by atoms with Crippen LogP contribution in [-0.2, 0) is 4.74 Å². The summed E-state index contributed by atoms with van der Waals surface area (Å²) < 4.78 is 10.6. The fourth-order valence-corrected chi connectivity index (χ4v) is 1.67. The quantitative estimate of drug-likeness (QED) is 0.800. The SMILES string of the molecule is CCOC(=O)c1ccccc1Oc1cncc(Cl)c1. The highest BCUT2D eigenvalue weighted by molar-refractivity contribution is 6.30. The molecule has 1 aromatic heterocycles. The van der Waals surface area contributed by atoms with Gasteiger partial charge in [-0.05, 0) is 19.1 Å². The van der Waals surface area contributed by atoms with E-state index in [1.54, 1.807) is 37.3 Å². The maximum absolute atomic E-state index is 11.8. The summed E-state index contributed by atoms with van der Waals surface area (Å²) in [5.41, 5.74) is 0.365. The minimum Gasteiger partial charge on any atom is -0.462 e. The Labute approximate surface area is 115 Å². The van der Waals surface area contributed by atoms with Crippen LogP contribution >= 0.6 is 11.6 Å². The number of para-hydroxylation sites is 1. The first-order valence-electron chi connectivity index (χ1n) is 5.75. The maximum atomic E-state index is 11.8. The second-order valence-corrected chi connectivity index (χ2v) is 4.09. The molecule has 19 heavy (non-hydrogen) atoms. The number of hydrogen-bond donors (Lipinski definition) is 0. The van der Waals surface area contributed by atoms with Crippen LogP contribution in [0.2, 0.25) is 5.02 Å². The monoisotopic (exact) mass is 277 g/mol. The number of nitrogens with zero attached hydrogens (tertiary/aromatic N) is 1. The standard InChI is InChI=1S/C14H12ClNO3/c1-2-18-14(17)12-5-3-4-6-13(12)19-11-7-10(15)8-16-9-11/h3-9H,2H2,1H3. The Balaban J connectivity index is 2.27. The molecule has 0 unspecified atom stereocenters. The first-order valence-corrected chi connectivity index (χ1v) is 6.13. The highest BCUT2D eigenvalue weighted by Crippen LogP contribution is 2.26. The van der Waals surface area contributed by atoms with Crippen molar-refractivity contribution < 1.29 is 14.3 Å². The van der Waals surface area contributed by atoms with Gasteiger partial charge in [-0.2, -0.15) is 0 Å². The third-order valence-corrected chi connectivity index (χ3v) is 2.50. The molecule has 0 bridgehead atoms. The fraction of sp³-hybridized carbons (Fsp3) is 0.143. The molecule has 0 fully saturated rings. The molecule has 0 aliphatic rings. The van der Waals surface area contributed by atoms with Gasteiger partial charge in [0.05, 0.1) is 17.8 Å². The summed E-state index contributed by atoms with van der Waals surface area (Å²) >= 11 is 5.83. The van der Waals surface area contributed by atoms with Crippen molar-refractivity contribution in [3.05, 3.63) is 53.3 Å². The number of benzene rings is 1. The average molecular weight is 278 g/mol. The molecule has 0 amide bonds. The van der Waals surface area contributed by atoms with Crippen molar-refractivity contribution in [2.24, 2.45) is 0 Å². The van der Waals surface area contributed by atoms with E-state index in [0.717, 1.165) is 0 Å². The number of esters is 1. The van der Waals surface area contributed by atoms with Crippen LogP contribution in [0.5, 0.6) is 11.5 Å². The molecule has 98 valence electrons. The Morgan fingerprint density at radius 2 is 2.11 bits per heavy atom. The zero-order chi connectivity index (χ0) is 13.7. The van der Waals surface area contributed by atoms with Gasteiger partial charge < -0.3 is 9.47 Å². The van der Waals surface area contributed by atoms with Gasteiger partial charge in [0.2, 0.25) is 0 Å². The van der Waals surface area contributed by atoms with Crippen LogP contribution in [0.15, 0.2) is 42.7 Å². The highest BCUT2D eigenvalue weighted by Gasteiger charge is 2.13. The van der Waals surface area contributed by atoms with Crippen molar-refractivity contribution in [2.45, 2.75) is 6.92 Å². The van der Waals surface area contributed by atoms with Gasteiger partial charge in [-0.1, -0.05) is 23.7 Å². The van der Waals surface area contributed by atoms with Crippen molar-refractivity contribution in [1.82, 2.24) is 4.98 Å². The molecular formula is C14H12ClNO3. The molecule has 1 heterocycles. The van der Waals surface area contributed by atoms with Crippen molar-refractivity contribution >= 4 is 17.6 Å². The van der Waals surface area contributed by atoms with E-state index in [1.807, 2.05) is 0 Å². The Bertz CT molecular complexity index is 586. The van der Waals surface area contributed by atoms with Gasteiger partial charge in [0.15, 0.2) is 0 Å². The van der Waals surface area contributed by atoms with Crippen molar-refractivity contribution in [2.75, 3.05) is 6.61 Å². The number of pyridine rings is 1. The lowest BCUT2D eigenvalue weighted by Gasteiger charge is -2.10. The summed E-state index contributed by atoms with van der Waals surface area (Å²) in [5, 5.41) is 0.464. The van der Waals surface area contributed by atoms with Gasteiger partial charge in [0.25, 0.3) is 0 Å². The molecule has 0 aliphatic heterocycles. The normalized spacial score (nSPS) is 10.0. The van der Waals surface area contributed by atoms with E-state index in [1.165, 1.54) is 12.4 Å². The molecule has 0 atom stereocenters. The molecule has 1 aromatic carbocycles. The lowest BCUT2D eigenvalue weighted by atomic mass is 10.2. The van der Waals surface area contributed by atoms with E-state index in [-0.39, 0.29) is 0 Å². The van der Waals surface area contributed by atoms with Crippen molar-refractivity contribution in [3.63, 3.8) is 0 Å². The van der Waals surface area contributed by atoms with E-state index in [9.17, 15) is 4.79 Å². The van der Waals surface area contributed by atoms with Crippen LogP contribution in [0.1, 0.15) is 17.3 Å². The van der Waals surface area contributed by atoms with Gasteiger partial charge >= 0.3 is 5.97 Å². The number of ether oxygens (including phenoxy) is 2. The summed E-state index contributed by atoms with van der Waals surface area (Å²) in [5.74, 6) is 0.447. The average Bonchev–Trinajstić information content (AvgIpc) is 2.39. The predicted octanol–water partition coefficient (Wildman–Crippen LogP) is 3.70. The van der Waals surface area contributed by atoms with Crippen LogP contribution in [0, 0.1) is 0 Å². The molecule has 0 radical (unpaired) electrons. The minimum atomic E-state index is -0.423. The van der Waals surface area contributed by atoms with E-state index >= 15 is 0 Å². The summed E-state index contributed by atoms with van der Waals surface area (Å²) in [6.07, 6.45) is 3.03. The van der Waals surface area contributed by atoms with Crippen LogP contribution in [0.4, 0.5) is 0 Å². The molecule has 2 aromatic rings. The summed E-state index contributed by atoms with van der Waals surface area (Å²) in [7, 11) is 0. The molecular weight excluding hydrogens is 266 g/mol. The topological polar surface area (TPSA) is 48.4 Å². The summed E-state index contributed by atoms with van der Waals surface area (Å²) in [6.45, 7) is 2.06. The number of rotatable bonds is 4. The molecule has 0 N–H and O–H groups in total. The third kappa shape index (κ3) is 3.45. The van der Waals surface area contributed by atoms with E-state index in [0.29, 0.717) is 28.7 Å². The molecule has 5 heteroatoms. The van der Waals surface area contributed by atoms with E-state index in [2.05, 4.69) is 4.98 Å². The number of aromatic nitrogens is 1. The zero-order valence-electron chi connectivity index (χ0n) is 10.3. The Morgan fingerprint density at radius 1 is 1.32 bits per heavy atom. The van der Waals surface area contributed by atoms with Gasteiger partial charge in [0.1, 0.15) is 17.1 Å². The van der Waals surface area contributed by atoms with Gasteiger partial charge in [-0.15, -0.1) is 0 Å². The minimum absolute atomic E-state index is 0.311. The Hall–Kier alpha value is -2.07. The smallest absolute Gasteiger partial charge is 0.341 e. The molecule has 2 rings (SSSR count). The fourth-order valence-electron chi connectivity index (χ4n) is 1.51. The Kier molecular flexibility index (Phi) is 4.36. The predicted molar refractivity (Wildman–Crippen MR) is 71.7 cm³/mol. The molecule has 0 saturated carbocycles. The Morgan fingerprint density at radius 3 is 2.84 bits per heavy atom. The maximum Gasteiger partial charge on any atom is 0.341 e. The first kappa shape index (κ1) is 13.4. The molecule has 0 aliphatic carbocycles. The van der Waals surface area contributed by atoms with Crippen LogP contribution < -0.4 is 4.74 Å². The van der Waals surface area contributed by atoms with Gasteiger partial charge in [-0.3, -0.25) is 4.98 Å². The highest BCUT2D eigenvalue weighted by atomic mass is 35.5. The second kappa shape index (κ2) is 6.20. The molecule has 0 saturated heterocycles. The van der Waals surface area contributed by atoms with Gasteiger partial charge in [0, 0.05) is 12.3 Å². The van der Waals surface area contributed by atoms with Crippen LogP contribution in [-0.4, -0.2) is 17.6 Å². The largest absolute Gasteiger partial charge is 0.462 e. The van der Waals surface area contributed by atoms with Gasteiger partial charge in [-0.25, -0.2) is 4.79 Å². The van der Waals surface area contributed by atoms with Crippen LogP contribution in [0.3, 0.4) is 0 Å². The van der Waals surface area contributed by atoms with Crippen molar-refractivity contribution in [3.8, 4) is 11.5 Å².